The number of amides is 1. The number of sulfonamides is 1. The van der Waals surface area contributed by atoms with Crippen LogP contribution in [-0.2, 0) is 26.0 Å². The minimum atomic E-state index is -3.96. The van der Waals surface area contributed by atoms with Crippen LogP contribution in [-0.4, -0.2) is 37.2 Å². The smallest absolute Gasteiger partial charge is 0.269 e. The Hall–Kier alpha value is -3.41. The second kappa shape index (κ2) is 11.0. The Morgan fingerprint density at radius 1 is 1.05 bits per heavy atom. The van der Waals surface area contributed by atoms with Crippen molar-refractivity contribution in [2.75, 3.05) is 16.2 Å². The maximum atomic E-state index is 13.7. The van der Waals surface area contributed by atoms with Crippen LogP contribution >= 0.6 is 23.1 Å². The number of fused-ring (bicyclic) bond motifs is 1. The topological polar surface area (TPSA) is 101 Å². The van der Waals surface area contributed by atoms with Crippen molar-refractivity contribution in [2.24, 2.45) is 0 Å². The van der Waals surface area contributed by atoms with Gasteiger partial charge in [-0.3, -0.25) is 14.4 Å². The Labute approximate surface area is 236 Å². The van der Waals surface area contributed by atoms with Crippen molar-refractivity contribution in [1.82, 2.24) is 10.2 Å². The summed E-state index contributed by atoms with van der Waals surface area (Å²) in [4.78, 5) is 13.4. The fourth-order valence-electron chi connectivity index (χ4n) is 4.03. The minimum absolute atomic E-state index is 0.141. The van der Waals surface area contributed by atoms with Crippen molar-refractivity contribution >= 4 is 49.8 Å². The fourth-order valence-corrected chi connectivity index (χ4v) is 7.23. The highest BCUT2D eigenvalue weighted by Crippen LogP contribution is 2.40. The van der Waals surface area contributed by atoms with Crippen LogP contribution in [0.5, 0.6) is 5.75 Å². The average molecular weight is 581 g/mol. The molecule has 202 valence electrons. The summed E-state index contributed by atoms with van der Waals surface area (Å²) in [5.74, 6) is 0.560. The summed E-state index contributed by atoms with van der Waals surface area (Å²) in [6, 6.07) is 23.6. The van der Waals surface area contributed by atoms with Crippen molar-refractivity contribution in [2.45, 2.75) is 47.3 Å². The monoisotopic (exact) mass is 580 g/mol. The number of aromatic nitrogens is 2. The Morgan fingerprint density at radius 2 is 1.74 bits per heavy atom. The largest absolute Gasteiger partial charge is 0.476 e. The Balaban J connectivity index is 1.38. The van der Waals surface area contributed by atoms with E-state index in [-0.39, 0.29) is 16.9 Å². The zero-order chi connectivity index (χ0) is 27.6. The molecule has 5 rings (SSSR count). The van der Waals surface area contributed by atoms with E-state index in [1.165, 1.54) is 27.4 Å². The molecule has 0 aliphatic carbocycles. The van der Waals surface area contributed by atoms with Crippen LogP contribution in [0.2, 0.25) is 0 Å². The van der Waals surface area contributed by atoms with Crippen molar-refractivity contribution in [3.63, 3.8) is 0 Å². The molecular formula is C28H28N4O4S3. The molecule has 0 fully saturated rings. The number of carbonyl (C=O) groups excluding carboxylic acids is 1. The van der Waals surface area contributed by atoms with E-state index in [4.69, 9.17) is 4.74 Å². The maximum Gasteiger partial charge on any atom is 0.269 e. The highest BCUT2D eigenvalue weighted by molar-refractivity contribution is 8.00. The molecule has 0 bridgehead atoms. The molecule has 1 aliphatic heterocycles. The maximum absolute atomic E-state index is 13.7. The number of ether oxygens (including phenoxy) is 1. The first-order chi connectivity index (χ1) is 18.6. The molecule has 0 radical (unpaired) electrons. The van der Waals surface area contributed by atoms with E-state index in [0.717, 1.165) is 16.9 Å². The molecule has 0 unspecified atom stereocenters. The van der Waals surface area contributed by atoms with E-state index in [0.29, 0.717) is 20.9 Å². The summed E-state index contributed by atoms with van der Waals surface area (Å²) in [6.45, 7) is 5.98. The molecule has 8 nitrogen and oxygen atoms in total. The number of hydrogen-bond donors (Lipinski definition) is 1. The van der Waals surface area contributed by atoms with E-state index in [1.807, 2.05) is 42.5 Å². The van der Waals surface area contributed by atoms with Gasteiger partial charge in [-0.15, -0.1) is 10.2 Å². The van der Waals surface area contributed by atoms with E-state index in [9.17, 15) is 13.2 Å². The summed E-state index contributed by atoms with van der Waals surface area (Å²) in [5, 5.41) is 11.3. The van der Waals surface area contributed by atoms with E-state index >= 15 is 0 Å². The average Bonchev–Trinajstić information content (AvgIpc) is 3.38. The van der Waals surface area contributed by atoms with Crippen LogP contribution in [0.4, 0.5) is 10.8 Å². The zero-order valence-corrected chi connectivity index (χ0v) is 24.1. The van der Waals surface area contributed by atoms with Gasteiger partial charge in [-0.2, -0.15) is 0 Å². The second-order valence-corrected chi connectivity index (χ2v) is 14.1. The highest BCUT2D eigenvalue weighted by Gasteiger charge is 2.38. The van der Waals surface area contributed by atoms with Crippen molar-refractivity contribution in [1.29, 1.82) is 0 Å². The first-order valence-electron chi connectivity index (χ1n) is 12.3. The molecule has 1 aromatic heterocycles. The van der Waals surface area contributed by atoms with E-state index < -0.39 is 22.0 Å². The lowest BCUT2D eigenvalue weighted by Crippen LogP contribution is -2.49. The van der Waals surface area contributed by atoms with Gasteiger partial charge in [-0.05, 0) is 40.8 Å². The van der Waals surface area contributed by atoms with Gasteiger partial charge in [-0.25, -0.2) is 8.42 Å². The number of nitrogens with one attached hydrogen (secondary N) is 1. The number of rotatable bonds is 7. The molecule has 1 amide bonds. The minimum Gasteiger partial charge on any atom is -0.476 e. The van der Waals surface area contributed by atoms with Crippen molar-refractivity contribution in [3.8, 4) is 5.75 Å². The molecule has 1 atom stereocenters. The molecular weight excluding hydrogens is 553 g/mol. The predicted molar refractivity (Wildman–Crippen MR) is 155 cm³/mol. The lowest BCUT2D eigenvalue weighted by Gasteiger charge is -2.35. The van der Waals surface area contributed by atoms with Gasteiger partial charge < -0.3 is 4.74 Å². The number of thioether (sulfide) groups is 1. The van der Waals surface area contributed by atoms with Crippen LogP contribution in [0.3, 0.4) is 0 Å². The Morgan fingerprint density at radius 3 is 2.44 bits per heavy atom. The van der Waals surface area contributed by atoms with E-state index in [2.05, 4.69) is 36.3 Å². The van der Waals surface area contributed by atoms with Crippen LogP contribution in [0.1, 0.15) is 31.9 Å². The normalized spacial score (nSPS) is 15.4. The molecule has 11 heteroatoms. The molecule has 0 saturated carbocycles. The van der Waals surface area contributed by atoms with Gasteiger partial charge in [0.05, 0.1) is 17.1 Å². The molecule has 0 spiro atoms. The lowest BCUT2D eigenvalue weighted by atomic mass is 9.86. The number of anilines is 2. The summed E-state index contributed by atoms with van der Waals surface area (Å²) >= 11 is 2.79. The molecule has 1 aliphatic rings. The van der Waals surface area contributed by atoms with E-state index in [1.54, 1.807) is 36.4 Å². The summed E-state index contributed by atoms with van der Waals surface area (Å²) in [5.41, 5.74) is 2.31. The molecule has 4 aromatic rings. The standard InChI is InChI=1S/C28H28N4O4S3/c1-28(2,3)20-14-15-23-22(16-20)32(39(34,35)21-12-8-5-9-13-21)17-24(36-23)25(33)29-26-30-31-27(38-26)37-18-19-10-6-4-7-11-19/h4-16,24H,17-18H2,1-3H3,(H,29,30,33)/t24-/m1/s1. The van der Waals surface area contributed by atoms with Crippen LogP contribution in [0.25, 0.3) is 0 Å². The summed E-state index contributed by atoms with van der Waals surface area (Å²) in [6.07, 6.45) is -1.08. The first-order valence-corrected chi connectivity index (χ1v) is 15.6. The van der Waals surface area contributed by atoms with Gasteiger partial charge in [0.15, 0.2) is 10.4 Å². The van der Waals surface area contributed by atoms with Gasteiger partial charge in [0.1, 0.15) is 5.75 Å². The lowest BCUT2D eigenvalue weighted by molar-refractivity contribution is -0.122. The van der Waals surface area contributed by atoms with Crippen LogP contribution in [0, 0.1) is 0 Å². The van der Waals surface area contributed by atoms with Gasteiger partial charge in [0.25, 0.3) is 15.9 Å². The number of carbonyl (C=O) groups is 1. The third-order valence-corrected chi connectivity index (χ3v) is 10.00. The number of nitrogens with zero attached hydrogens (tertiary/aromatic N) is 3. The molecule has 1 N–H and O–H groups in total. The number of benzene rings is 3. The van der Waals surface area contributed by atoms with Crippen LogP contribution in [0.15, 0.2) is 88.1 Å². The third-order valence-electron chi connectivity index (χ3n) is 6.16. The molecule has 2 heterocycles. The Bertz CT molecular complexity index is 1570. The molecule has 39 heavy (non-hydrogen) atoms. The molecule has 3 aromatic carbocycles. The molecule has 0 saturated heterocycles. The Kier molecular flexibility index (Phi) is 7.66. The fraction of sp³-hybridized carbons (Fsp3) is 0.250. The predicted octanol–water partition coefficient (Wildman–Crippen LogP) is 5.72. The van der Waals surface area contributed by atoms with Gasteiger partial charge >= 0.3 is 0 Å². The van der Waals surface area contributed by atoms with Crippen molar-refractivity contribution < 1.29 is 17.9 Å². The summed E-state index contributed by atoms with van der Waals surface area (Å²) < 4.78 is 35.5. The van der Waals surface area contributed by atoms with Crippen molar-refractivity contribution in [3.05, 3.63) is 90.0 Å². The third kappa shape index (κ3) is 6.10. The second-order valence-electron chi connectivity index (χ2n) is 10.0. The highest BCUT2D eigenvalue weighted by atomic mass is 32.2. The SMILES string of the molecule is CC(C)(C)c1ccc2c(c1)N(S(=O)(=O)c1ccccc1)C[C@H](C(=O)Nc1nnc(SCc3ccccc3)s1)O2. The summed E-state index contributed by atoms with van der Waals surface area (Å²) in [7, 11) is -3.96. The van der Waals surface area contributed by atoms with Gasteiger partial charge in [-0.1, -0.05) is 98.5 Å². The first kappa shape index (κ1) is 27.2. The van der Waals surface area contributed by atoms with Gasteiger partial charge in [0.2, 0.25) is 5.13 Å². The number of hydrogen-bond acceptors (Lipinski definition) is 8. The van der Waals surface area contributed by atoms with Crippen LogP contribution < -0.4 is 14.4 Å². The quantitative estimate of drug-likeness (QED) is 0.220. The zero-order valence-electron chi connectivity index (χ0n) is 21.7. The van der Waals surface area contributed by atoms with Gasteiger partial charge in [0, 0.05) is 5.75 Å².